The summed E-state index contributed by atoms with van der Waals surface area (Å²) in [7, 11) is 0. The molecular formula is C20H19N7OS. The number of rotatable bonds is 3. The lowest BCUT2D eigenvalue weighted by molar-refractivity contribution is 0.0928. The predicted molar refractivity (Wildman–Crippen MR) is 110 cm³/mol. The van der Waals surface area contributed by atoms with Crippen LogP contribution in [0.3, 0.4) is 0 Å². The van der Waals surface area contributed by atoms with Crippen LogP contribution in [-0.4, -0.2) is 41.7 Å². The summed E-state index contributed by atoms with van der Waals surface area (Å²) < 4.78 is 2.12. The van der Waals surface area contributed by atoms with Crippen molar-refractivity contribution in [3.63, 3.8) is 0 Å². The molecule has 0 aromatic carbocycles. The van der Waals surface area contributed by atoms with Crippen molar-refractivity contribution in [3.05, 3.63) is 52.4 Å². The minimum atomic E-state index is -0.171. The first-order chi connectivity index (χ1) is 14.2. The third-order valence-electron chi connectivity index (χ3n) is 5.12. The molecule has 0 saturated carbocycles. The summed E-state index contributed by atoms with van der Waals surface area (Å²) in [6.07, 6.45) is 4.05. The van der Waals surface area contributed by atoms with Gasteiger partial charge in [0.05, 0.1) is 5.01 Å². The molecule has 0 spiro atoms. The van der Waals surface area contributed by atoms with E-state index in [1.54, 1.807) is 23.6 Å². The molecule has 9 heteroatoms. The number of nitrogens with one attached hydrogen (secondary N) is 1. The molecule has 0 radical (unpaired) electrons. The Labute approximate surface area is 171 Å². The van der Waals surface area contributed by atoms with E-state index in [1.165, 1.54) is 0 Å². The van der Waals surface area contributed by atoms with E-state index in [9.17, 15) is 4.79 Å². The summed E-state index contributed by atoms with van der Waals surface area (Å²) in [5, 5.41) is 15.8. The van der Waals surface area contributed by atoms with Crippen LogP contribution in [0.25, 0.3) is 22.6 Å². The van der Waals surface area contributed by atoms with E-state index in [1.807, 2.05) is 30.5 Å². The number of hydrogen-bond acceptors (Lipinski definition) is 7. The number of fused-ring (bicyclic) bond motifs is 2. The standard InChI is InChI=1S/C20H19N7OS/c1-12-22-16(11-29-12)19-26-25-17-7-5-14(8-10-27(17)19)23-20(28)15-6-4-13-3-2-9-21-18(13)24-15/h2-4,6,9,11,14H,5,7-8,10H2,1H3,(H,23,28). The quantitative estimate of drug-likeness (QED) is 0.563. The number of aryl methyl sites for hydroxylation is 2. The fraction of sp³-hybridized carbons (Fsp3) is 0.300. The topological polar surface area (TPSA) is 98.5 Å². The molecule has 1 unspecified atom stereocenters. The van der Waals surface area contributed by atoms with Gasteiger partial charge < -0.3 is 9.88 Å². The minimum Gasteiger partial charge on any atom is -0.348 e. The van der Waals surface area contributed by atoms with E-state index < -0.39 is 0 Å². The van der Waals surface area contributed by atoms with Crippen LogP contribution in [0, 0.1) is 6.92 Å². The zero-order valence-corrected chi connectivity index (χ0v) is 16.7. The molecule has 5 heterocycles. The van der Waals surface area contributed by atoms with Gasteiger partial charge in [0.25, 0.3) is 5.91 Å². The molecule has 1 N–H and O–H groups in total. The molecule has 0 saturated heterocycles. The second kappa shape index (κ2) is 7.32. The van der Waals surface area contributed by atoms with Crippen molar-refractivity contribution in [1.29, 1.82) is 0 Å². The fourth-order valence-electron chi connectivity index (χ4n) is 3.63. The van der Waals surface area contributed by atoms with Gasteiger partial charge >= 0.3 is 0 Å². The van der Waals surface area contributed by atoms with Crippen LogP contribution in [0.1, 0.15) is 34.2 Å². The van der Waals surface area contributed by atoms with Crippen LogP contribution in [-0.2, 0) is 13.0 Å². The third kappa shape index (κ3) is 3.49. The predicted octanol–water partition coefficient (Wildman–Crippen LogP) is 2.79. The van der Waals surface area contributed by atoms with E-state index in [4.69, 9.17) is 0 Å². The van der Waals surface area contributed by atoms with Gasteiger partial charge in [-0.1, -0.05) is 0 Å². The second-order valence-electron chi connectivity index (χ2n) is 7.09. The Balaban J connectivity index is 1.30. The van der Waals surface area contributed by atoms with Crippen molar-refractivity contribution >= 4 is 28.3 Å². The molecule has 8 nitrogen and oxygen atoms in total. The lowest BCUT2D eigenvalue weighted by Crippen LogP contribution is -2.35. The minimum absolute atomic E-state index is 0.0513. The van der Waals surface area contributed by atoms with Gasteiger partial charge in [-0.25, -0.2) is 15.0 Å². The van der Waals surface area contributed by atoms with Crippen LogP contribution in [0.15, 0.2) is 35.8 Å². The van der Waals surface area contributed by atoms with Crippen molar-refractivity contribution < 1.29 is 4.79 Å². The molecule has 1 aliphatic rings. The SMILES string of the molecule is Cc1nc(-c2nnc3n2CCC(NC(=O)c2ccc4cccnc4n2)CC3)cs1. The van der Waals surface area contributed by atoms with E-state index in [0.717, 1.165) is 53.5 Å². The van der Waals surface area contributed by atoms with Crippen LogP contribution in [0.5, 0.6) is 0 Å². The summed E-state index contributed by atoms with van der Waals surface area (Å²) >= 11 is 1.60. The molecule has 4 aromatic rings. The van der Waals surface area contributed by atoms with Gasteiger partial charge in [0.15, 0.2) is 11.5 Å². The summed E-state index contributed by atoms with van der Waals surface area (Å²) in [5.41, 5.74) is 1.83. The highest BCUT2D eigenvalue weighted by molar-refractivity contribution is 7.09. The fourth-order valence-corrected chi connectivity index (χ4v) is 4.22. The first-order valence-corrected chi connectivity index (χ1v) is 10.4. The zero-order valence-electron chi connectivity index (χ0n) is 15.9. The van der Waals surface area contributed by atoms with Crippen LogP contribution in [0.4, 0.5) is 0 Å². The molecular weight excluding hydrogens is 386 g/mol. The Morgan fingerprint density at radius 2 is 2.14 bits per heavy atom. The maximum absolute atomic E-state index is 12.7. The molecule has 1 atom stereocenters. The number of amides is 1. The Morgan fingerprint density at radius 1 is 1.21 bits per heavy atom. The second-order valence-corrected chi connectivity index (χ2v) is 8.15. The van der Waals surface area contributed by atoms with E-state index in [0.29, 0.717) is 11.3 Å². The Kier molecular flexibility index (Phi) is 4.51. The van der Waals surface area contributed by atoms with Crippen molar-refractivity contribution in [2.24, 2.45) is 0 Å². The molecule has 1 amide bonds. The smallest absolute Gasteiger partial charge is 0.270 e. The van der Waals surface area contributed by atoms with Crippen LogP contribution >= 0.6 is 11.3 Å². The number of pyridine rings is 2. The molecule has 0 bridgehead atoms. The van der Waals surface area contributed by atoms with Gasteiger partial charge in [0.1, 0.15) is 17.2 Å². The average Bonchev–Trinajstić information content (AvgIpc) is 3.30. The molecule has 29 heavy (non-hydrogen) atoms. The van der Waals surface area contributed by atoms with Gasteiger partial charge in [-0.15, -0.1) is 21.5 Å². The number of thiazole rings is 1. The van der Waals surface area contributed by atoms with E-state index in [2.05, 4.69) is 35.0 Å². The molecule has 0 fully saturated rings. The summed E-state index contributed by atoms with van der Waals surface area (Å²) in [6, 6.07) is 7.46. The van der Waals surface area contributed by atoms with Gasteiger partial charge in [0, 0.05) is 36.0 Å². The number of aromatic nitrogens is 6. The first kappa shape index (κ1) is 17.9. The molecule has 146 valence electrons. The lowest BCUT2D eigenvalue weighted by Gasteiger charge is -2.16. The highest BCUT2D eigenvalue weighted by Crippen LogP contribution is 2.24. The van der Waals surface area contributed by atoms with E-state index in [-0.39, 0.29) is 11.9 Å². The zero-order chi connectivity index (χ0) is 19.8. The number of nitrogens with zero attached hydrogens (tertiary/aromatic N) is 6. The summed E-state index contributed by atoms with van der Waals surface area (Å²) in [4.78, 5) is 25.9. The number of carbonyl (C=O) groups excluding carboxylic acids is 1. The monoisotopic (exact) mass is 405 g/mol. The maximum Gasteiger partial charge on any atom is 0.270 e. The van der Waals surface area contributed by atoms with Gasteiger partial charge in [-0.3, -0.25) is 4.79 Å². The van der Waals surface area contributed by atoms with E-state index >= 15 is 0 Å². The van der Waals surface area contributed by atoms with Crippen molar-refractivity contribution in [1.82, 2.24) is 35.0 Å². The van der Waals surface area contributed by atoms with Gasteiger partial charge in [-0.05, 0) is 44.0 Å². The average molecular weight is 405 g/mol. The molecule has 0 aliphatic carbocycles. The first-order valence-electron chi connectivity index (χ1n) is 9.54. The normalized spacial score (nSPS) is 16.4. The highest BCUT2D eigenvalue weighted by atomic mass is 32.1. The summed E-state index contributed by atoms with van der Waals surface area (Å²) in [6.45, 7) is 2.72. The Bertz CT molecular complexity index is 1200. The maximum atomic E-state index is 12.7. The Hall–Kier alpha value is -3.20. The third-order valence-corrected chi connectivity index (χ3v) is 5.90. The number of carbonyl (C=O) groups is 1. The Morgan fingerprint density at radius 3 is 3.00 bits per heavy atom. The van der Waals surface area contributed by atoms with Crippen molar-refractivity contribution in [3.8, 4) is 11.5 Å². The largest absolute Gasteiger partial charge is 0.348 e. The highest BCUT2D eigenvalue weighted by Gasteiger charge is 2.23. The molecule has 4 aromatic heterocycles. The van der Waals surface area contributed by atoms with Crippen LogP contribution in [0.2, 0.25) is 0 Å². The number of hydrogen-bond donors (Lipinski definition) is 1. The lowest BCUT2D eigenvalue weighted by atomic mass is 10.1. The molecule has 5 rings (SSSR count). The van der Waals surface area contributed by atoms with Crippen LogP contribution < -0.4 is 5.32 Å². The summed E-state index contributed by atoms with van der Waals surface area (Å²) in [5.74, 6) is 1.57. The van der Waals surface area contributed by atoms with Crippen molar-refractivity contribution in [2.75, 3.05) is 0 Å². The van der Waals surface area contributed by atoms with Crippen molar-refractivity contribution in [2.45, 2.75) is 38.8 Å². The molecule has 1 aliphatic heterocycles. The van der Waals surface area contributed by atoms with Gasteiger partial charge in [0.2, 0.25) is 0 Å². The van der Waals surface area contributed by atoms with Gasteiger partial charge in [-0.2, -0.15) is 0 Å².